The number of rotatable bonds is 34. The topological polar surface area (TPSA) is 327 Å². The van der Waals surface area contributed by atoms with Crippen LogP contribution in [0, 0.1) is 22.7 Å². The maximum atomic E-state index is 14.3. The molecule has 8 amide bonds. The average molecular weight is 1200 g/mol. The Morgan fingerprint density at radius 2 is 1.27 bits per heavy atom. The molecular weight excluding hydrogens is 1110 g/mol. The molecule has 472 valence electrons. The lowest BCUT2D eigenvalue weighted by atomic mass is 9.92. The Balaban J connectivity index is 0.741. The number of carbonyl (C=O) groups excluding carboxylic acids is 8. The number of nitroso groups, excluding NO2 is 1. The molecule has 12 unspecified atom stereocenters. The Labute approximate surface area is 503 Å². The average Bonchev–Trinajstić information content (AvgIpc) is 2.37. The molecule has 0 saturated carbocycles. The Hall–Kier alpha value is -7.00. The van der Waals surface area contributed by atoms with Crippen LogP contribution in [0.15, 0.2) is 66.0 Å². The van der Waals surface area contributed by atoms with E-state index in [-0.39, 0.29) is 73.6 Å². The number of ether oxygens (including phenoxy) is 3. The molecule has 0 spiro atoms. The van der Waals surface area contributed by atoms with E-state index in [1.165, 1.54) is 4.90 Å². The highest BCUT2D eigenvalue weighted by Crippen LogP contribution is 2.36. The van der Waals surface area contributed by atoms with E-state index in [1.807, 2.05) is 18.2 Å². The van der Waals surface area contributed by atoms with Crippen molar-refractivity contribution >= 4 is 47.3 Å². The summed E-state index contributed by atoms with van der Waals surface area (Å²) in [6.07, 6.45) is 16.9. The summed E-state index contributed by atoms with van der Waals surface area (Å²) in [5.74, 6) is -3.46. The monoisotopic (exact) mass is 1200 g/mol. The van der Waals surface area contributed by atoms with Crippen LogP contribution in [0.4, 0.5) is 0 Å². The molecule has 12 atom stereocenters. The van der Waals surface area contributed by atoms with Crippen molar-refractivity contribution in [3.63, 3.8) is 0 Å². The zero-order valence-electron chi connectivity index (χ0n) is 50.3. The van der Waals surface area contributed by atoms with Crippen LogP contribution in [0.5, 0.6) is 0 Å². The molecule has 5 heterocycles. The second-order valence-corrected chi connectivity index (χ2v) is 23.0. The molecule has 1 aromatic heterocycles. The minimum absolute atomic E-state index is 0.130. The van der Waals surface area contributed by atoms with Gasteiger partial charge in [-0.2, -0.15) is 4.91 Å². The number of hydrogen-bond acceptors (Lipinski definition) is 17. The smallest absolute Gasteiger partial charge is 0.247 e. The summed E-state index contributed by atoms with van der Waals surface area (Å²) in [5, 5.41) is 34.9. The van der Waals surface area contributed by atoms with E-state index in [0.29, 0.717) is 135 Å². The van der Waals surface area contributed by atoms with Gasteiger partial charge >= 0.3 is 0 Å². The maximum Gasteiger partial charge on any atom is 0.247 e. The third-order valence-corrected chi connectivity index (χ3v) is 17.1. The Bertz CT molecular complexity index is 2640. The standard InChI is InChI=1S/C60H90N14O12/c1-39(61-3)54(76)68-52-43(17-20-46-22-24-48(73(46)59(52)81)56(78)65-35-41-13-7-5-8-14-41)36-64-50(75)26-19-45-38-72(71-70-45)28-12-30-85-32-34-86-33-31-84-29-11-27-63-58(80)51(42-15-9-6-10-16-42)67-57(79)49-25-23-47-21-18-44(37-66-83)53(60(82)74(47)49)69-55(77)40(2)62-4/h5-10,13,15-16,38-41,43-44,46-49,51-53,61-62H,11-12,14,17-37H2,1-4H3,(H,63,80)(H,64,75)(H,65,78)(H,67,79)(H,68,76)(H,69,77). The van der Waals surface area contributed by atoms with Crippen LogP contribution >= 0.6 is 0 Å². The molecule has 0 radical (unpaired) electrons. The van der Waals surface area contributed by atoms with Crippen LogP contribution in [-0.2, 0) is 65.5 Å². The van der Waals surface area contributed by atoms with Gasteiger partial charge in [0, 0.05) is 82.4 Å². The number of allylic oxidation sites excluding steroid dienone is 3. The maximum absolute atomic E-state index is 14.3. The van der Waals surface area contributed by atoms with Crippen molar-refractivity contribution in [1.29, 1.82) is 0 Å². The normalized spacial score (nSPS) is 24.5. The molecule has 4 aliphatic heterocycles. The molecular formula is C60H90N14O12. The molecule has 1 aromatic carbocycles. The summed E-state index contributed by atoms with van der Waals surface area (Å²) in [6.45, 7) is 7.02. The number of aryl methyl sites for hydroxylation is 2. The summed E-state index contributed by atoms with van der Waals surface area (Å²) < 4.78 is 18.8. The molecule has 4 fully saturated rings. The Morgan fingerprint density at radius 3 is 1.88 bits per heavy atom. The lowest BCUT2D eigenvalue weighted by Gasteiger charge is -2.32. The predicted molar refractivity (Wildman–Crippen MR) is 317 cm³/mol. The SMILES string of the molecule is CNC(C)C(=O)NC1C(=O)N2C(CCC1CNC(=O)CCc1cn(CCCOCCOCCOCCCNC(=O)C(NC(=O)C3CCC4CCC(CN=O)C(NC(=O)C(C)NC)C(=O)N43)c3ccccc3)nn1)CCC2C(=O)NCC1C=CC=CC1. The van der Waals surface area contributed by atoms with Crippen LogP contribution in [0.25, 0.3) is 0 Å². The van der Waals surface area contributed by atoms with E-state index < -0.39 is 71.8 Å². The summed E-state index contributed by atoms with van der Waals surface area (Å²) in [5.41, 5.74) is 1.23. The number of likely N-dealkylation sites (N-methyl/N-ethyl adjacent to an activating group) is 2. The summed E-state index contributed by atoms with van der Waals surface area (Å²) in [7, 11) is 3.30. The van der Waals surface area contributed by atoms with E-state index in [1.54, 1.807) is 68.0 Å². The van der Waals surface area contributed by atoms with Crippen LogP contribution in [0.2, 0.25) is 0 Å². The highest BCUT2D eigenvalue weighted by atomic mass is 16.5. The van der Waals surface area contributed by atoms with Gasteiger partial charge in [-0.25, -0.2) is 0 Å². The first-order valence-corrected chi connectivity index (χ1v) is 30.7. The highest BCUT2D eigenvalue weighted by molar-refractivity contribution is 5.96. The molecule has 4 saturated heterocycles. The molecule has 26 heteroatoms. The van der Waals surface area contributed by atoms with Crippen LogP contribution < -0.4 is 42.5 Å². The van der Waals surface area contributed by atoms with Crippen LogP contribution in [0.1, 0.15) is 108 Å². The fourth-order valence-electron chi connectivity index (χ4n) is 11.9. The van der Waals surface area contributed by atoms with Crippen molar-refractivity contribution in [2.75, 3.05) is 79.9 Å². The third kappa shape index (κ3) is 19.0. The number of fused-ring (bicyclic) bond motifs is 2. The molecule has 8 N–H and O–H groups in total. The number of aromatic nitrogens is 3. The van der Waals surface area contributed by atoms with Gasteiger partial charge in [0.1, 0.15) is 30.2 Å². The fourth-order valence-corrected chi connectivity index (χ4v) is 11.9. The van der Waals surface area contributed by atoms with Crippen LogP contribution in [0.3, 0.4) is 0 Å². The first kappa shape index (κ1) is 66.5. The van der Waals surface area contributed by atoms with Crippen LogP contribution in [-0.4, -0.2) is 200 Å². The second kappa shape index (κ2) is 34.4. The van der Waals surface area contributed by atoms with Crippen molar-refractivity contribution < 1.29 is 52.6 Å². The summed E-state index contributed by atoms with van der Waals surface area (Å²) in [4.78, 5) is 124. The zero-order chi connectivity index (χ0) is 61.4. The lowest BCUT2D eigenvalue weighted by molar-refractivity contribution is -0.144. The number of carbonyl (C=O) groups is 8. The zero-order valence-corrected chi connectivity index (χ0v) is 50.3. The van der Waals surface area contributed by atoms with Gasteiger partial charge in [0.2, 0.25) is 47.3 Å². The molecule has 7 rings (SSSR count). The van der Waals surface area contributed by atoms with Crippen molar-refractivity contribution in [3.8, 4) is 0 Å². The van der Waals surface area contributed by atoms with Crippen molar-refractivity contribution in [2.24, 2.45) is 22.9 Å². The van der Waals surface area contributed by atoms with Gasteiger partial charge in [-0.15, -0.1) is 5.10 Å². The van der Waals surface area contributed by atoms with E-state index in [2.05, 4.69) is 70.2 Å². The van der Waals surface area contributed by atoms with Gasteiger partial charge in [0.25, 0.3) is 0 Å². The first-order chi connectivity index (χ1) is 41.7. The molecule has 0 bridgehead atoms. The van der Waals surface area contributed by atoms with Gasteiger partial charge in [0.15, 0.2) is 0 Å². The first-order valence-electron chi connectivity index (χ1n) is 30.7. The van der Waals surface area contributed by atoms with E-state index >= 15 is 0 Å². The van der Waals surface area contributed by atoms with Gasteiger partial charge in [-0.3, -0.25) is 43.0 Å². The van der Waals surface area contributed by atoms with Gasteiger partial charge in [0.05, 0.1) is 50.7 Å². The fraction of sp³-hybridized carbons (Fsp3) is 0.667. The highest BCUT2D eigenvalue weighted by Gasteiger charge is 2.50. The van der Waals surface area contributed by atoms with E-state index in [9.17, 15) is 43.3 Å². The number of nitrogens with zero attached hydrogens (tertiary/aromatic N) is 6. The molecule has 86 heavy (non-hydrogen) atoms. The Kier molecular flexibility index (Phi) is 26.6. The molecule has 26 nitrogen and oxygen atoms in total. The molecule has 2 aromatic rings. The largest absolute Gasteiger partial charge is 0.379 e. The van der Waals surface area contributed by atoms with Gasteiger partial charge in [-0.1, -0.05) is 65.0 Å². The summed E-state index contributed by atoms with van der Waals surface area (Å²) in [6, 6.07) is 2.85. The molecule has 1 aliphatic carbocycles. The van der Waals surface area contributed by atoms with Crippen molar-refractivity contribution in [1.82, 2.24) is 67.3 Å². The van der Waals surface area contributed by atoms with Gasteiger partial charge in [-0.05, 0) is 110 Å². The van der Waals surface area contributed by atoms with Crippen molar-refractivity contribution in [2.45, 2.75) is 158 Å². The van der Waals surface area contributed by atoms with E-state index in [0.717, 1.165) is 6.42 Å². The number of benzene rings is 1. The Morgan fingerprint density at radius 1 is 0.674 bits per heavy atom. The second-order valence-electron chi connectivity index (χ2n) is 23.0. The van der Waals surface area contributed by atoms with Gasteiger partial charge < -0.3 is 66.5 Å². The minimum atomic E-state index is -1.04. The molecule has 5 aliphatic rings. The number of hydrogen-bond donors (Lipinski definition) is 8. The number of amides is 8. The third-order valence-electron chi connectivity index (χ3n) is 17.1. The number of nitrogens with one attached hydrogen (secondary N) is 8. The minimum Gasteiger partial charge on any atom is -0.379 e. The predicted octanol–water partition coefficient (Wildman–Crippen LogP) is 0.870. The lowest BCUT2D eigenvalue weighted by Crippen LogP contribution is -2.59. The van der Waals surface area contributed by atoms with Crippen molar-refractivity contribution in [3.05, 3.63) is 77.0 Å². The quantitative estimate of drug-likeness (QED) is 0.0356. The van der Waals surface area contributed by atoms with E-state index in [4.69, 9.17) is 14.2 Å². The summed E-state index contributed by atoms with van der Waals surface area (Å²) >= 11 is 0.